The Morgan fingerprint density at radius 3 is 2.77 bits per heavy atom. The highest BCUT2D eigenvalue weighted by Gasteiger charge is 2.35. The van der Waals surface area contributed by atoms with Crippen molar-refractivity contribution in [1.29, 1.82) is 0 Å². The monoisotopic (exact) mass is 421 g/mol. The summed E-state index contributed by atoms with van der Waals surface area (Å²) in [7, 11) is 1.96. The Bertz CT molecular complexity index is 687. The van der Waals surface area contributed by atoms with Crippen molar-refractivity contribution in [3.05, 3.63) is 11.6 Å². The first-order chi connectivity index (χ1) is 14.5. The molecule has 2 atom stereocenters. The van der Waals surface area contributed by atoms with E-state index in [1.807, 2.05) is 18.5 Å². The molecule has 1 saturated carbocycles. The van der Waals surface area contributed by atoms with E-state index in [1.165, 1.54) is 6.42 Å². The smallest absolute Gasteiger partial charge is 0.191 e. The number of hydrogen-bond acceptors (Lipinski definition) is 6. The van der Waals surface area contributed by atoms with Crippen LogP contribution in [0.5, 0.6) is 0 Å². The van der Waals surface area contributed by atoms with Crippen LogP contribution in [0.15, 0.2) is 4.99 Å². The Labute approximate surface area is 180 Å². The number of aliphatic hydroxyl groups is 1. The van der Waals surface area contributed by atoms with Crippen molar-refractivity contribution in [3.8, 4) is 0 Å². The maximum Gasteiger partial charge on any atom is 0.191 e. The molecule has 9 nitrogen and oxygen atoms in total. The zero-order valence-electron chi connectivity index (χ0n) is 18.9. The summed E-state index contributed by atoms with van der Waals surface area (Å²) in [5.74, 6) is 2.49. The minimum absolute atomic E-state index is 0.115. The van der Waals surface area contributed by atoms with E-state index in [-0.39, 0.29) is 11.5 Å². The van der Waals surface area contributed by atoms with Crippen molar-refractivity contribution in [2.45, 2.75) is 58.6 Å². The average molecular weight is 422 g/mol. The van der Waals surface area contributed by atoms with Crippen LogP contribution in [0.2, 0.25) is 0 Å². The van der Waals surface area contributed by atoms with Gasteiger partial charge in [0.15, 0.2) is 11.8 Å². The van der Waals surface area contributed by atoms with E-state index in [9.17, 15) is 5.11 Å². The molecule has 9 heteroatoms. The molecule has 2 heterocycles. The first-order valence-electron chi connectivity index (χ1n) is 11.3. The quantitative estimate of drug-likeness (QED) is 0.325. The third-order valence-electron chi connectivity index (χ3n) is 6.55. The van der Waals surface area contributed by atoms with Crippen LogP contribution in [0.1, 0.15) is 50.7 Å². The summed E-state index contributed by atoms with van der Waals surface area (Å²) in [5.41, 5.74) is -0.115. The Morgan fingerprint density at radius 1 is 1.27 bits per heavy atom. The van der Waals surface area contributed by atoms with Gasteiger partial charge in [-0.15, -0.1) is 10.2 Å². The number of aliphatic imine (C=N–C) groups is 1. The summed E-state index contributed by atoms with van der Waals surface area (Å²) in [5, 5.41) is 25.8. The van der Waals surface area contributed by atoms with Crippen LogP contribution in [0.3, 0.4) is 0 Å². The summed E-state index contributed by atoms with van der Waals surface area (Å²) in [6.07, 6.45) is 4.99. The number of rotatable bonds is 8. The van der Waals surface area contributed by atoms with E-state index in [1.54, 1.807) is 0 Å². The highest BCUT2D eigenvalue weighted by molar-refractivity contribution is 5.79. The number of morpholine rings is 1. The Hall–Kier alpha value is -1.71. The fourth-order valence-electron chi connectivity index (χ4n) is 4.12. The molecule has 0 spiro atoms. The van der Waals surface area contributed by atoms with Crippen molar-refractivity contribution in [3.63, 3.8) is 0 Å². The van der Waals surface area contributed by atoms with E-state index in [0.29, 0.717) is 13.1 Å². The number of ether oxygens (including phenoxy) is 1. The standard InChI is InChI=1S/C21H39N7O2/c1-17-25-26-19(27(17)3)15-23-20(22-9-6-10-28-11-13-30-14-12-28)24-16-21(2)8-5-4-7-18(21)29/h18,29H,4-16H2,1-3H3,(H2,22,23,24). The number of aromatic nitrogens is 3. The second-order valence-corrected chi connectivity index (χ2v) is 8.89. The van der Waals surface area contributed by atoms with Gasteiger partial charge >= 0.3 is 0 Å². The molecule has 2 unspecified atom stereocenters. The molecule has 0 bridgehead atoms. The zero-order valence-corrected chi connectivity index (χ0v) is 18.9. The van der Waals surface area contributed by atoms with E-state index in [4.69, 9.17) is 9.73 Å². The maximum absolute atomic E-state index is 10.5. The molecule has 170 valence electrons. The van der Waals surface area contributed by atoms with Crippen LogP contribution in [0.4, 0.5) is 0 Å². The van der Waals surface area contributed by atoms with E-state index in [0.717, 1.165) is 82.7 Å². The molecule has 1 aromatic rings. The molecule has 1 saturated heterocycles. The molecule has 2 fully saturated rings. The van der Waals surface area contributed by atoms with Crippen LogP contribution in [0.25, 0.3) is 0 Å². The molecular weight excluding hydrogens is 382 g/mol. The number of aryl methyl sites for hydroxylation is 1. The van der Waals surface area contributed by atoms with Gasteiger partial charge in [0.2, 0.25) is 0 Å². The summed E-state index contributed by atoms with van der Waals surface area (Å²) in [6, 6.07) is 0. The predicted octanol–water partition coefficient (Wildman–Crippen LogP) is 0.822. The average Bonchev–Trinajstić information content (AvgIpc) is 3.07. The van der Waals surface area contributed by atoms with Gasteiger partial charge in [-0.1, -0.05) is 19.8 Å². The lowest BCUT2D eigenvalue weighted by molar-refractivity contribution is 0.00396. The van der Waals surface area contributed by atoms with Crippen LogP contribution in [-0.4, -0.2) is 82.8 Å². The van der Waals surface area contributed by atoms with Gasteiger partial charge in [0.05, 0.1) is 19.3 Å². The molecule has 0 amide bonds. The number of hydrogen-bond donors (Lipinski definition) is 3. The number of guanidine groups is 1. The lowest BCUT2D eigenvalue weighted by atomic mass is 9.73. The van der Waals surface area contributed by atoms with E-state index >= 15 is 0 Å². The van der Waals surface area contributed by atoms with Gasteiger partial charge in [0.1, 0.15) is 12.4 Å². The highest BCUT2D eigenvalue weighted by atomic mass is 16.5. The SMILES string of the molecule is Cc1nnc(CN=C(NCCCN2CCOCC2)NCC2(C)CCCCC2O)n1C. The van der Waals surface area contributed by atoms with Gasteiger partial charge < -0.3 is 25.0 Å². The molecule has 3 rings (SSSR count). The van der Waals surface area contributed by atoms with Crippen molar-refractivity contribution >= 4 is 5.96 Å². The molecule has 2 aliphatic rings. The first-order valence-corrected chi connectivity index (χ1v) is 11.3. The molecular formula is C21H39N7O2. The second-order valence-electron chi connectivity index (χ2n) is 8.89. The van der Waals surface area contributed by atoms with Gasteiger partial charge in [-0.2, -0.15) is 0 Å². The Balaban J connectivity index is 1.54. The predicted molar refractivity (Wildman–Crippen MR) is 117 cm³/mol. The van der Waals surface area contributed by atoms with Crippen molar-refractivity contribution in [2.75, 3.05) is 45.9 Å². The van der Waals surface area contributed by atoms with Crippen LogP contribution in [0, 0.1) is 12.3 Å². The number of nitrogens with zero attached hydrogens (tertiary/aromatic N) is 5. The summed E-state index contributed by atoms with van der Waals surface area (Å²) in [6.45, 7) is 10.9. The van der Waals surface area contributed by atoms with Crippen LogP contribution >= 0.6 is 0 Å². The van der Waals surface area contributed by atoms with Gasteiger partial charge in [-0.3, -0.25) is 4.90 Å². The van der Waals surface area contributed by atoms with E-state index < -0.39 is 0 Å². The lowest BCUT2D eigenvalue weighted by Crippen LogP contribution is -2.48. The minimum Gasteiger partial charge on any atom is -0.392 e. The van der Waals surface area contributed by atoms with Crippen molar-refractivity contribution < 1.29 is 9.84 Å². The summed E-state index contributed by atoms with van der Waals surface area (Å²) < 4.78 is 7.38. The molecule has 1 aliphatic carbocycles. The minimum atomic E-state index is -0.261. The molecule has 30 heavy (non-hydrogen) atoms. The Kier molecular flexibility index (Phi) is 8.47. The third-order valence-corrected chi connectivity index (χ3v) is 6.55. The molecule has 3 N–H and O–H groups in total. The second kappa shape index (κ2) is 11.1. The topological polar surface area (TPSA) is 99.8 Å². The first kappa shape index (κ1) is 23.0. The van der Waals surface area contributed by atoms with Crippen LogP contribution in [-0.2, 0) is 18.3 Å². The normalized spacial score (nSPS) is 26.0. The van der Waals surface area contributed by atoms with Crippen molar-refractivity contribution in [2.24, 2.45) is 17.5 Å². The summed E-state index contributed by atoms with van der Waals surface area (Å²) >= 11 is 0. The third kappa shape index (κ3) is 6.39. The highest BCUT2D eigenvalue weighted by Crippen LogP contribution is 2.35. The number of nitrogens with one attached hydrogen (secondary N) is 2. The lowest BCUT2D eigenvalue weighted by Gasteiger charge is -2.38. The van der Waals surface area contributed by atoms with Gasteiger partial charge in [0, 0.05) is 38.6 Å². The fraction of sp³-hybridized carbons (Fsp3) is 0.857. The van der Waals surface area contributed by atoms with E-state index in [2.05, 4.69) is 32.7 Å². The largest absolute Gasteiger partial charge is 0.392 e. The van der Waals surface area contributed by atoms with Gasteiger partial charge in [-0.05, 0) is 32.7 Å². The summed E-state index contributed by atoms with van der Waals surface area (Å²) in [4.78, 5) is 7.19. The van der Waals surface area contributed by atoms with Crippen LogP contribution < -0.4 is 10.6 Å². The molecule has 1 aromatic heterocycles. The van der Waals surface area contributed by atoms with Gasteiger partial charge in [0.25, 0.3) is 0 Å². The molecule has 0 radical (unpaired) electrons. The Morgan fingerprint density at radius 2 is 2.07 bits per heavy atom. The molecule has 1 aliphatic heterocycles. The van der Waals surface area contributed by atoms with Gasteiger partial charge in [-0.25, -0.2) is 4.99 Å². The fourth-order valence-corrected chi connectivity index (χ4v) is 4.12. The number of aliphatic hydroxyl groups excluding tert-OH is 1. The van der Waals surface area contributed by atoms with Crippen molar-refractivity contribution in [1.82, 2.24) is 30.3 Å². The maximum atomic E-state index is 10.5. The zero-order chi connectivity index (χ0) is 21.4. The molecule has 0 aromatic carbocycles.